The number of aryl methyl sites for hydroxylation is 1. The van der Waals surface area contributed by atoms with Crippen LogP contribution in [0.15, 0.2) is 24.3 Å². The number of nitrogens with one attached hydrogen (secondary N) is 1. The first-order valence-electron chi connectivity index (χ1n) is 10.2. The normalized spacial score (nSPS) is 17.3. The van der Waals surface area contributed by atoms with Crippen LogP contribution >= 0.6 is 0 Å². The van der Waals surface area contributed by atoms with Gasteiger partial charge in [-0.1, -0.05) is 0 Å². The van der Waals surface area contributed by atoms with E-state index in [1.807, 2.05) is 0 Å². The number of hydrogen-bond donors (Lipinski definition) is 3. The van der Waals surface area contributed by atoms with Crippen LogP contribution in [0.1, 0.15) is 24.0 Å². The molecule has 174 valence electrons. The van der Waals surface area contributed by atoms with Crippen LogP contribution in [0.2, 0.25) is 0 Å². The lowest BCUT2D eigenvalue weighted by Crippen LogP contribution is -2.43. The van der Waals surface area contributed by atoms with Crippen molar-refractivity contribution < 1.29 is 32.9 Å². The molecule has 2 aromatic rings. The number of carboxylic acids is 1. The van der Waals surface area contributed by atoms with E-state index in [0.29, 0.717) is 36.3 Å². The number of halogens is 3. The molecular weight excluding hydrogens is 429 g/mol. The summed E-state index contributed by atoms with van der Waals surface area (Å²) in [5, 5.41) is 30.3. The second kappa shape index (κ2) is 10.1. The van der Waals surface area contributed by atoms with Gasteiger partial charge in [-0.05, 0) is 56.1 Å². The monoisotopic (exact) mass is 454 g/mol. The maximum atomic E-state index is 12.8. The Morgan fingerprint density at radius 1 is 1.31 bits per heavy atom. The molecule has 0 unspecified atom stereocenters. The number of alkyl halides is 3. The molecule has 8 nitrogen and oxygen atoms in total. The van der Waals surface area contributed by atoms with Gasteiger partial charge in [0, 0.05) is 24.7 Å². The van der Waals surface area contributed by atoms with Crippen LogP contribution in [0, 0.1) is 6.92 Å². The topological polar surface area (TPSA) is 108 Å². The highest BCUT2D eigenvalue weighted by atomic mass is 19.4. The molecule has 0 aliphatic carbocycles. The Balaban J connectivity index is 1.62. The average Bonchev–Trinajstić information content (AvgIpc) is 2.71. The summed E-state index contributed by atoms with van der Waals surface area (Å²) in [6.07, 6.45) is -2.66. The van der Waals surface area contributed by atoms with Crippen molar-refractivity contribution in [2.24, 2.45) is 0 Å². The Morgan fingerprint density at radius 3 is 2.75 bits per heavy atom. The van der Waals surface area contributed by atoms with Gasteiger partial charge in [0.2, 0.25) is 0 Å². The van der Waals surface area contributed by atoms with E-state index >= 15 is 0 Å². The average molecular weight is 454 g/mol. The summed E-state index contributed by atoms with van der Waals surface area (Å²) < 4.78 is 43.6. The fourth-order valence-corrected chi connectivity index (χ4v) is 3.67. The number of phenols is 1. The maximum absolute atomic E-state index is 12.8. The fraction of sp³-hybridized carbons (Fsp3) is 0.476. The minimum absolute atomic E-state index is 0.113. The number of carbonyl (C=O) groups is 1. The highest BCUT2D eigenvalue weighted by Gasteiger charge is 2.31. The van der Waals surface area contributed by atoms with E-state index in [-0.39, 0.29) is 18.2 Å². The second-order valence-electron chi connectivity index (χ2n) is 7.72. The molecule has 1 fully saturated rings. The van der Waals surface area contributed by atoms with Crippen LogP contribution in [0.3, 0.4) is 0 Å². The third-order valence-electron chi connectivity index (χ3n) is 5.20. The Hall–Kier alpha value is -2.92. The standard InChI is InChI=1S/C21H25F3N4O4/c1-13-9-18(25-15-3-2-6-28(11-15)7-8-32-12-19(30)31)26-27-20(13)16-5-4-14(10-17(16)29)21(22,23)24/h4-5,9-10,15,29H,2-3,6-8,11-12H2,1H3,(H,25,26)(H,30,31)/t15-/m1/s1. The molecule has 3 N–H and O–H groups in total. The lowest BCUT2D eigenvalue weighted by Gasteiger charge is -2.33. The molecule has 1 aromatic heterocycles. The summed E-state index contributed by atoms with van der Waals surface area (Å²) in [6.45, 7) is 4.03. The van der Waals surface area contributed by atoms with Crippen molar-refractivity contribution in [3.63, 3.8) is 0 Å². The van der Waals surface area contributed by atoms with Gasteiger partial charge in [-0.3, -0.25) is 4.90 Å². The number of ether oxygens (including phenoxy) is 1. The first-order valence-corrected chi connectivity index (χ1v) is 10.2. The number of aromatic hydroxyl groups is 1. The highest BCUT2D eigenvalue weighted by Crippen LogP contribution is 2.36. The zero-order valence-electron chi connectivity index (χ0n) is 17.5. The first-order chi connectivity index (χ1) is 15.1. The molecule has 1 atom stereocenters. The number of nitrogens with zero attached hydrogens (tertiary/aromatic N) is 3. The van der Waals surface area contributed by atoms with E-state index in [4.69, 9.17) is 9.84 Å². The van der Waals surface area contributed by atoms with Crippen molar-refractivity contribution >= 4 is 11.8 Å². The molecule has 0 saturated carbocycles. The Labute approximate surface area is 183 Å². The predicted octanol–water partition coefficient (Wildman–Crippen LogP) is 3.15. The number of rotatable bonds is 8. The minimum Gasteiger partial charge on any atom is -0.507 e. The summed E-state index contributed by atoms with van der Waals surface area (Å²) in [7, 11) is 0. The van der Waals surface area contributed by atoms with Crippen LogP contribution in [0.25, 0.3) is 11.3 Å². The van der Waals surface area contributed by atoms with Crippen molar-refractivity contribution in [2.45, 2.75) is 32.0 Å². The molecule has 11 heteroatoms. The number of phenolic OH excluding ortho intramolecular Hbond substituents is 1. The van der Waals surface area contributed by atoms with E-state index in [1.54, 1.807) is 13.0 Å². The molecule has 1 aromatic carbocycles. The molecule has 0 amide bonds. The van der Waals surface area contributed by atoms with Gasteiger partial charge in [-0.25, -0.2) is 4.79 Å². The minimum atomic E-state index is -4.54. The van der Waals surface area contributed by atoms with Crippen LogP contribution in [-0.2, 0) is 15.7 Å². The van der Waals surface area contributed by atoms with Crippen LogP contribution in [0.4, 0.5) is 19.0 Å². The molecule has 32 heavy (non-hydrogen) atoms. The zero-order valence-corrected chi connectivity index (χ0v) is 17.5. The Bertz CT molecular complexity index is 955. The van der Waals surface area contributed by atoms with Gasteiger partial charge in [0.15, 0.2) is 0 Å². The van der Waals surface area contributed by atoms with Gasteiger partial charge in [0.25, 0.3) is 0 Å². The van der Waals surface area contributed by atoms with E-state index in [9.17, 15) is 23.1 Å². The van der Waals surface area contributed by atoms with Crippen molar-refractivity contribution in [2.75, 3.05) is 38.2 Å². The smallest absolute Gasteiger partial charge is 0.416 e. The largest absolute Gasteiger partial charge is 0.507 e. The molecule has 1 saturated heterocycles. The second-order valence-corrected chi connectivity index (χ2v) is 7.72. The van der Waals surface area contributed by atoms with Gasteiger partial charge in [-0.2, -0.15) is 13.2 Å². The third kappa shape index (κ3) is 6.30. The molecule has 0 radical (unpaired) electrons. The molecular formula is C21H25F3N4O4. The lowest BCUT2D eigenvalue weighted by atomic mass is 10.0. The van der Waals surface area contributed by atoms with Gasteiger partial charge >= 0.3 is 12.1 Å². The van der Waals surface area contributed by atoms with Gasteiger partial charge in [-0.15, -0.1) is 10.2 Å². The third-order valence-corrected chi connectivity index (χ3v) is 5.20. The quantitative estimate of drug-likeness (QED) is 0.522. The summed E-state index contributed by atoms with van der Waals surface area (Å²) >= 11 is 0. The zero-order chi connectivity index (χ0) is 23.3. The van der Waals surface area contributed by atoms with Crippen LogP contribution in [-0.4, -0.2) is 70.2 Å². The van der Waals surface area contributed by atoms with Crippen molar-refractivity contribution in [1.29, 1.82) is 0 Å². The lowest BCUT2D eigenvalue weighted by molar-refractivity contribution is -0.142. The predicted molar refractivity (Wildman–Crippen MR) is 110 cm³/mol. The van der Waals surface area contributed by atoms with Gasteiger partial charge < -0.3 is 20.3 Å². The number of piperidine rings is 1. The molecule has 3 rings (SSSR count). The van der Waals surface area contributed by atoms with E-state index < -0.39 is 23.5 Å². The summed E-state index contributed by atoms with van der Waals surface area (Å²) in [5.74, 6) is -0.970. The van der Waals surface area contributed by atoms with E-state index in [2.05, 4.69) is 20.4 Å². The molecule has 0 spiro atoms. The molecule has 1 aliphatic heterocycles. The summed E-state index contributed by atoms with van der Waals surface area (Å²) in [6, 6.07) is 4.63. The number of aliphatic carboxylic acids is 1. The number of aromatic nitrogens is 2. The Morgan fingerprint density at radius 2 is 2.09 bits per heavy atom. The van der Waals surface area contributed by atoms with Crippen molar-refractivity contribution in [3.05, 3.63) is 35.4 Å². The number of carboxylic acid groups (broad SMARTS) is 1. The SMILES string of the molecule is Cc1cc(N[C@@H]2CCCN(CCOCC(=O)O)C2)nnc1-c1ccc(C(F)(F)F)cc1O. The van der Waals surface area contributed by atoms with Crippen molar-refractivity contribution in [3.8, 4) is 17.0 Å². The van der Waals surface area contributed by atoms with E-state index in [0.717, 1.165) is 32.0 Å². The van der Waals surface area contributed by atoms with Gasteiger partial charge in [0.1, 0.15) is 18.2 Å². The maximum Gasteiger partial charge on any atom is 0.416 e. The summed E-state index contributed by atoms with van der Waals surface area (Å²) in [4.78, 5) is 12.7. The first kappa shape index (κ1) is 23.7. The number of likely N-dealkylation sites (tertiary alicyclic amines) is 1. The number of hydrogen-bond acceptors (Lipinski definition) is 7. The van der Waals surface area contributed by atoms with Crippen LogP contribution in [0.5, 0.6) is 5.75 Å². The molecule has 2 heterocycles. The number of benzene rings is 1. The van der Waals surface area contributed by atoms with Crippen molar-refractivity contribution in [1.82, 2.24) is 15.1 Å². The summed E-state index contributed by atoms with van der Waals surface area (Å²) in [5.41, 5.74) is 0.215. The fourth-order valence-electron chi connectivity index (χ4n) is 3.67. The highest BCUT2D eigenvalue weighted by molar-refractivity contribution is 5.70. The van der Waals surface area contributed by atoms with Gasteiger partial charge in [0.05, 0.1) is 17.9 Å². The van der Waals surface area contributed by atoms with Crippen LogP contribution < -0.4 is 5.32 Å². The molecule has 0 bridgehead atoms. The van der Waals surface area contributed by atoms with E-state index in [1.165, 1.54) is 6.07 Å². The Kier molecular flexibility index (Phi) is 7.52. The number of anilines is 1. The molecule has 1 aliphatic rings.